The molecule has 31 heavy (non-hydrogen) atoms. The molecule has 1 unspecified atom stereocenters. The molecule has 1 aromatic heterocycles. The van der Waals surface area contributed by atoms with Gasteiger partial charge in [-0.1, -0.05) is 39.8 Å². The molecule has 0 radical (unpaired) electrons. The van der Waals surface area contributed by atoms with Gasteiger partial charge >= 0.3 is 0 Å². The van der Waals surface area contributed by atoms with E-state index < -0.39 is 16.6 Å². The minimum Gasteiger partial charge on any atom is -0.383 e. The van der Waals surface area contributed by atoms with E-state index in [9.17, 15) is 14.1 Å². The third kappa shape index (κ3) is 8.42. The highest BCUT2D eigenvalue weighted by atomic mass is 32.2. The minimum atomic E-state index is -1.50. The number of aliphatic hydroxyl groups is 1. The lowest BCUT2D eigenvalue weighted by Crippen LogP contribution is -2.17. The van der Waals surface area contributed by atoms with Crippen molar-refractivity contribution in [3.8, 4) is 0 Å². The summed E-state index contributed by atoms with van der Waals surface area (Å²) < 4.78 is 16.5. The van der Waals surface area contributed by atoms with Crippen molar-refractivity contribution in [2.24, 2.45) is 10.9 Å². The summed E-state index contributed by atoms with van der Waals surface area (Å²) in [7, 11) is 0.198. The van der Waals surface area contributed by atoms with E-state index in [1.807, 2.05) is 0 Å². The smallest absolute Gasteiger partial charge is 0.221 e. The zero-order chi connectivity index (χ0) is 23.9. The van der Waals surface area contributed by atoms with Crippen molar-refractivity contribution < 1.29 is 18.8 Å². The second-order valence-electron chi connectivity index (χ2n) is 8.48. The number of hydrogen-bond donors (Lipinski definition) is 3. The normalized spacial score (nSPS) is 12.6. The third-order valence-electron chi connectivity index (χ3n) is 4.49. The van der Waals surface area contributed by atoms with Gasteiger partial charge in [0.1, 0.15) is 25.8 Å². The van der Waals surface area contributed by atoms with Gasteiger partial charge in [-0.05, 0) is 47.9 Å². The number of hydrogen-bond acceptors (Lipinski definition) is 6. The Labute approximate surface area is 191 Å². The van der Waals surface area contributed by atoms with Gasteiger partial charge in [-0.3, -0.25) is 4.79 Å². The van der Waals surface area contributed by atoms with Crippen molar-refractivity contribution in [2.45, 2.75) is 76.2 Å². The fourth-order valence-corrected chi connectivity index (χ4v) is 4.45. The number of nitrogens with zero attached hydrogens (tertiary/aromatic N) is 1. The number of thiazole rings is 1. The fourth-order valence-electron chi connectivity index (χ4n) is 3.08. The van der Waals surface area contributed by atoms with Crippen molar-refractivity contribution in [1.82, 2.24) is 4.98 Å². The van der Waals surface area contributed by atoms with Crippen LogP contribution in [-0.2, 0) is 39.1 Å². The van der Waals surface area contributed by atoms with Crippen LogP contribution < -0.4 is 10.9 Å². The molecule has 1 amide bonds. The quantitative estimate of drug-likeness (QED) is 0.545. The average molecular weight is 470 g/mol. The van der Waals surface area contributed by atoms with Gasteiger partial charge in [0.2, 0.25) is 5.91 Å². The summed E-state index contributed by atoms with van der Waals surface area (Å²) in [6.07, 6.45) is 1.74. The molecule has 0 saturated heterocycles. The highest BCUT2D eigenvalue weighted by Gasteiger charge is 2.21. The average Bonchev–Trinajstić information content (AvgIpc) is 3.13. The number of benzene rings is 1. The van der Waals surface area contributed by atoms with Gasteiger partial charge in [0.15, 0.2) is 0 Å². The van der Waals surface area contributed by atoms with Crippen molar-refractivity contribution in [1.29, 1.82) is 0 Å². The largest absolute Gasteiger partial charge is 0.383 e. The van der Waals surface area contributed by atoms with Crippen LogP contribution in [0.2, 0.25) is 0 Å². The summed E-state index contributed by atoms with van der Waals surface area (Å²) in [6.45, 7) is 12.4. The number of nitrogens with two attached hydrogens (primary N) is 2. The molecular weight excluding hydrogens is 434 g/mol. The monoisotopic (exact) mass is 469 g/mol. The van der Waals surface area contributed by atoms with E-state index in [0.29, 0.717) is 34.1 Å². The Morgan fingerprint density at radius 1 is 1.23 bits per heavy atom. The molecule has 1 heterocycles. The molecule has 174 valence electrons. The van der Waals surface area contributed by atoms with E-state index in [1.165, 1.54) is 17.3 Å². The van der Waals surface area contributed by atoms with E-state index in [2.05, 4.69) is 44.8 Å². The molecule has 0 spiro atoms. The number of carbonyl (C=O) groups excluding carboxylic acids is 1. The lowest BCUT2D eigenvalue weighted by molar-refractivity contribution is -0.117. The molecule has 0 saturated carbocycles. The van der Waals surface area contributed by atoms with Crippen LogP contribution in [0.15, 0.2) is 22.5 Å². The third-order valence-corrected chi connectivity index (χ3v) is 6.84. The van der Waals surface area contributed by atoms with Gasteiger partial charge in [0, 0.05) is 7.11 Å². The fraction of sp³-hybridized carbons (Fsp3) is 0.545. The van der Waals surface area contributed by atoms with E-state index in [-0.39, 0.29) is 5.91 Å². The van der Waals surface area contributed by atoms with Gasteiger partial charge in [0.25, 0.3) is 0 Å². The van der Waals surface area contributed by atoms with Crippen molar-refractivity contribution >= 4 is 28.2 Å². The van der Waals surface area contributed by atoms with Crippen LogP contribution in [0.25, 0.3) is 0 Å². The lowest BCUT2D eigenvalue weighted by Gasteiger charge is -2.21. The number of ether oxygens (including phenoxy) is 1. The standard InChI is InChI=1S/C16H25NO2.C6H10N2O2S2/c1-10(2)13-6-12(9-19-5)7-14(11(3)4)15(13)8-16(17)18;1-6(2,9)5-8-3-4(11-5)12(7)10/h6-7,10-11H,8-9H2,1-5H3,(H2,17,18);3,9H,7H2,1-2H3. The van der Waals surface area contributed by atoms with Gasteiger partial charge in [-0.25, -0.2) is 14.3 Å². The Morgan fingerprint density at radius 3 is 2.03 bits per heavy atom. The molecule has 0 aliphatic carbocycles. The Kier molecular flexibility index (Phi) is 10.4. The minimum absolute atomic E-state index is 0.275. The summed E-state index contributed by atoms with van der Waals surface area (Å²) in [4.78, 5) is 15.2. The molecule has 0 fully saturated rings. The lowest BCUT2D eigenvalue weighted by atomic mass is 9.85. The van der Waals surface area contributed by atoms with Crippen LogP contribution in [0.5, 0.6) is 0 Å². The maximum atomic E-state index is 11.3. The molecule has 1 atom stereocenters. The molecule has 1 aromatic carbocycles. The number of methoxy groups -OCH3 is 1. The summed E-state index contributed by atoms with van der Waals surface area (Å²) in [5, 5.41) is 15.1. The first-order valence-corrected chi connectivity index (χ1v) is 12.1. The molecular formula is C22H35N3O4S2. The molecule has 0 aliphatic heterocycles. The van der Waals surface area contributed by atoms with E-state index in [4.69, 9.17) is 15.6 Å². The zero-order valence-corrected chi connectivity index (χ0v) is 21.0. The first kappa shape index (κ1) is 27.4. The maximum absolute atomic E-state index is 11.3. The second-order valence-corrected chi connectivity index (χ2v) is 10.8. The molecule has 0 aliphatic rings. The van der Waals surface area contributed by atoms with Gasteiger partial charge < -0.3 is 15.6 Å². The second kappa shape index (κ2) is 11.8. The summed E-state index contributed by atoms with van der Waals surface area (Å²) in [5.74, 6) is 0.454. The molecule has 7 nitrogen and oxygen atoms in total. The molecule has 9 heteroatoms. The number of amides is 1. The Bertz CT molecular complexity index is 873. The molecule has 2 aromatic rings. The van der Waals surface area contributed by atoms with Crippen LogP contribution in [-0.4, -0.2) is 27.3 Å². The predicted molar refractivity (Wildman–Crippen MR) is 126 cm³/mol. The van der Waals surface area contributed by atoms with Gasteiger partial charge in [-0.2, -0.15) is 0 Å². The maximum Gasteiger partial charge on any atom is 0.221 e. The highest BCUT2D eigenvalue weighted by Crippen LogP contribution is 2.30. The summed E-state index contributed by atoms with van der Waals surface area (Å²) >= 11 is 1.16. The van der Waals surface area contributed by atoms with Crippen LogP contribution in [0.1, 0.15) is 80.6 Å². The summed E-state index contributed by atoms with van der Waals surface area (Å²) in [6, 6.07) is 4.27. The predicted octanol–water partition coefficient (Wildman–Crippen LogP) is 3.46. The zero-order valence-electron chi connectivity index (χ0n) is 19.4. The molecule has 0 bridgehead atoms. The topological polar surface area (TPSA) is 129 Å². The SMILES string of the molecule is CC(C)(O)c1ncc(S(N)=O)s1.COCc1cc(C(C)C)c(CC(N)=O)c(C(C)C)c1. The van der Waals surface area contributed by atoms with Crippen LogP contribution >= 0.6 is 11.3 Å². The first-order valence-electron chi connectivity index (χ1n) is 10.1. The van der Waals surface area contributed by atoms with Crippen LogP contribution in [0, 0.1) is 0 Å². The Morgan fingerprint density at radius 2 is 1.74 bits per heavy atom. The van der Waals surface area contributed by atoms with Crippen molar-refractivity contribution in [3.05, 3.63) is 45.6 Å². The van der Waals surface area contributed by atoms with Gasteiger partial charge in [-0.15, -0.1) is 11.3 Å². The highest BCUT2D eigenvalue weighted by molar-refractivity contribution is 7.85. The number of aromatic nitrogens is 1. The van der Waals surface area contributed by atoms with Crippen LogP contribution in [0.4, 0.5) is 0 Å². The number of carbonyl (C=O) groups is 1. The van der Waals surface area contributed by atoms with Gasteiger partial charge in [0.05, 0.1) is 19.2 Å². The van der Waals surface area contributed by atoms with E-state index in [1.54, 1.807) is 21.0 Å². The van der Waals surface area contributed by atoms with E-state index >= 15 is 0 Å². The number of rotatable bonds is 8. The van der Waals surface area contributed by atoms with Crippen molar-refractivity contribution in [2.75, 3.05) is 7.11 Å². The first-order chi connectivity index (χ1) is 14.3. The van der Waals surface area contributed by atoms with Crippen LogP contribution in [0.3, 0.4) is 0 Å². The van der Waals surface area contributed by atoms with E-state index in [0.717, 1.165) is 22.5 Å². The number of primary amides is 1. The van der Waals surface area contributed by atoms with Crippen molar-refractivity contribution in [3.63, 3.8) is 0 Å². The Balaban J connectivity index is 0.000000343. The molecule has 5 N–H and O–H groups in total. The summed E-state index contributed by atoms with van der Waals surface area (Å²) in [5.41, 5.74) is 9.07. The molecule has 2 rings (SSSR count). The Hall–Kier alpha value is -1.65.